The molecule has 0 aromatic heterocycles. The second-order valence-corrected chi connectivity index (χ2v) is 5.11. The molecule has 0 aliphatic carbocycles. The minimum absolute atomic E-state index is 0.112. The molecule has 3 heteroatoms. The molecule has 2 aliphatic heterocycles. The van der Waals surface area contributed by atoms with Crippen molar-refractivity contribution in [2.75, 3.05) is 0 Å². The molecule has 1 aromatic carbocycles. The summed E-state index contributed by atoms with van der Waals surface area (Å²) in [6.45, 7) is 0.862. The second-order valence-electron chi connectivity index (χ2n) is 5.11. The van der Waals surface area contributed by atoms with Crippen LogP contribution in [0.5, 0.6) is 0 Å². The monoisotopic (exact) mass is 243 g/mol. The first-order valence-electron chi connectivity index (χ1n) is 6.48. The van der Waals surface area contributed by atoms with E-state index in [0.29, 0.717) is 11.6 Å². The highest BCUT2D eigenvalue weighted by molar-refractivity contribution is 5.88. The zero-order chi connectivity index (χ0) is 12.5. The van der Waals surface area contributed by atoms with Crippen molar-refractivity contribution in [3.8, 4) is 0 Å². The lowest BCUT2D eigenvalue weighted by Gasteiger charge is -2.33. The summed E-state index contributed by atoms with van der Waals surface area (Å²) in [6.07, 6.45) is 4.90. The Bertz CT molecular complexity index is 481. The fraction of sp³-hybridized carbons (Fsp3) is 0.400. The van der Waals surface area contributed by atoms with Gasteiger partial charge in [-0.2, -0.15) is 0 Å². The van der Waals surface area contributed by atoms with Gasteiger partial charge in [0.05, 0.1) is 5.57 Å². The predicted molar refractivity (Wildman–Crippen MR) is 69.1 cm³/mol. The first kappa shape index (κ1) is 11.5. The summed E-state index contributed by atoms with van der Waals surface area (Å²) in [7, 11) is 0. The number of hydrogen-bond donors (Lipinski definition) is 1. The van der Waals surface area contributed by atoms with E-state index in [9.17, 15) is 9.90 Å². The van der Waals surface area contributed by atoms with Gasteiger partial charge in [-0.3, -0.25) is 4.90 Å². The summed E-state index contributed by atoms with van der Waals surface area (Å²) in [4.78, 5) is 13.6. The van der Waals surface area contributed by atoms with Gasteiger partial charge in [0.2, 0.25) is 0 Å². The van der Waals surface area contributed by atoms with Crippen molar-refractivity contribution in [1.82, 2.24) is 4.90 Å². The van der Waals surface area contributed by atoms with E-state index in [-0.39, 0.29) is 6.04 Å². The molecular weight excluding hydrogens is 226 g/mol. The van der Waals surface area contributed by atoms with Crippen LogP contribution in [0.15, 0.2) is 42.0 Å². The third-order valence-corrected chi connectivity index (χ3v) is 4.07. The third-order valence-electron chi connectivity index (χ3n) is 4.07. The van der Waals surface area contributed by atoms with Crippen LogP contribution in [0.25, 0.3) is 0 Å². The van der Waals surface area contributed by atoms with Crippen molar-refractivity contribution >= 4 is 5.97 Å². The number of fused-ring (bicyclic) bond motifs is 2. The number of hydrogen-bond acceptors (Lipinski definition) is 2. The Morgan fingerprint density at radius 1 is 1.28 bits per heavy atom. The molecule has 0 spiro atoms. The van der Waals surface area contributed by atoms with Gasteiger partial charge in [-0.25, -0.2) is 4.79 Å². The third kappa shape index (κ3) is 1.95. The van der Waals surface area contributed by atoms with Gasteiger partial charge in [0.15, 0.2) is 0 Å². The van der Waals surface area contributed by atoms with Crippen molar-refractivity contribution < 1.29 is 9.90 Å². The molecule has 2 bridgehead atoms. The highest BCUT2D eigenvalue weighted by Gasteiger charge is 2.40. The van der Waals surface area contributed by atoms with Gasteiger partial charge < -0.3 is 5.11 Å². The molecule has 94 valence electrons. The van der Waals surface area contributed by atoms with Crippen LogP contribution in [0.3, 0.4) is 0 Å². The van der Waals surface area contributed by atoms with E-state index in [2.05, 4.69) is 17.0 Å². The maximum absolute atomic E-state index is 11.2. The lowest BCUT2D eigenvalue weighted by Crippen LogP contribution is -2.41. The van der Waals surface area contributed by atoms with Crippen molar-refractivity contribution in [3.05, 3.63) is 47.5 Å². The molecular formula is C15H17NO2. The molecule has 0 amide bonds. The molecule has 3 nitrogen and oxygen atoms in total. The van der Waals surface area contributed by atoms with Gasteiger partial charge >= 0.3 is 5.97 Å². The zero-order valence-electron chi connectivity index (χ0n) is 10.2. The number of carboxylic acids is 1. The molecule has 1 aromatic rings. The zero-order valence-corrected chi connectivity index (χ0v) is 10.2. The fourth-order valence-corrected chi connectivity index (χ4v) is 3.19. The smallest absolute Gasteiger partial charge is 0.332 e. The van der Waals surface area contributed by atoms with Crippen molar-refractivity contribution in [3.63, 3.8) is 0 Å². The van der Waals surface area contributed by atoms with Crippen LogP contribution < -0.4 is 0 Å². The van der Waals surface area contributed by atoms with E-state index in [0.717, 1.165) is 25.8 Å². The fourth-order valence-electron chi connectivity index (χ4n) is 3.19. The topological polar surface area (TPSA) is 40.5 Å². The van der Waals surface area contributed by atoms with Crippen LogP contribution in [0, 0.1) is 0 Å². The molecule has 2 heterocycles. The number of carboxylic acid groups (broad SMARTS) is 1. The van der Waals surface area contributed by atoms with Gasteiger partial charge in [0.1, 0.15) is 0 Å². The Labute approximate surface area is 107 Å². The number of aliphatic carboxylic acids is 1. The summed E-state index contributed by atoms with van der Waals surface area (Å²) < 4.78 is 0. The first-order chi connectivity index (χ1) is 8.75. The molecule has 18 heavy (non-hydrogen) atoms. The molecule has 1 saturated heterocycles. The van der Waals surface area contributed by atoms with Crippen LogP contribution in [0.2, 0.25) is 0 Å². The molecule has 1 N–H and O–H groups in total. The van der Waals surface area contributed by atoms with E-state index < -0.39 is 5.97 Å². The Morgan fingerprint density at radius 2 is 2.06 bits per heavy atom. The van der Waals surface area contributed by atoms with Gasteiger partial charge in [0, 0.05) is 18.6 Å². The van der Waals surface area contributed by atoms with Crippen LogP contribution >= 0.6 is 0 Å². The highest BCUT2D eigenvalue weighted by atomic mass is 16.4. The van der Waals surface area contributed by atoms with Crippen molar-refractivity contribution in [2.45, 2.75) is 37.9 Å². The SMILES string of the molecule is O=C(O)C1=CC[C@@H]2CC[C@H]1N2Cc1ccccc1. The average Bonchev–Trinajstić information content (AvgIpc) is 2.63. The maximum Gasteiger partial charge on any atom is 0.332 e. The van der Waals surface area contributed by atoms with Crippen molar-refractivity contribution in [1.29, 1.82) is 0 Å². The summed E-state index contributed by atoms with van der Waals surface area (Å²) in [5.41, 5.74) is 1.86. The molecule has 3 rings (SSSR count). The molecule has 0 saturated carbocycles. The Balaban J connectivity index is 1.82. The quantitative estimate of drug-likeness (QED) is 0.886. The van der Waals surface area contributed by atoms with E-state index in [4.69, 9.17) is 0 Å². The summed E-state index contributed by atoms with van der Waals surface area (Å²) in [5.74, 6) is -0.751. The van der Waals surface area contributed by atoms with Gasteiger partial charge in [-0.15, -0.1) is 0 Å². The van der Waals surface area contributed by atoms with Crippen LogP contribution in [0.4, 0.5) is 0 Å². The van der Waals surface area contributed by atoms with E-state index >= 15 is 0 Å². The van der Waals surface area contributed by atoms with E-state index in [1.54, 1.807) is 0 Å². The minimum Gasteiger partial charge on any atom is -0.478 e. The predicted octanol–water partition coefficient (Wildman–Crippen LogP) is 2.43. The van der Waals surface area contributed by atoms with Gasteiger partial charge in [0.25, 0.3) is 0 Å². The highest BCUT2D eigenvalue weighted by Crippen LogP contribution is 2.36. The van der Waals surface area contributed by atoms with Gasteiger partial charge in [-0.1, -0.05) is 36.4 Å². The molecule has 2 aliphatic rings. The number of carbonyl (C=O) groups is 1. The Morgan fingerprint density at radius 3 is 2.78 bits per heavy atom. The minimum atomic E-state index is -0.751. The Hall–Kier alpha value is -1.61. The average molecular weight is 243 g/mol. The summed E-state index contributed by atoms with van der Waals surface area (Å²) in [5, 5.41) is 9.25. The number of rotatable bonds is 3. The van der Waals surface area contributed by atoms with E-state index in [1.807, 2.05) is 24.3 Å². The lowest BCUT2D eigenvalue weighted by molar-refractivity contribution is -0.133. The van der Waals surface area contributed by atoms with Crippen LogP contribution in [-0.2, 0) is 11.3 Å². The number of benzene rings is 1. The Kier molecular flexibility index (Phi) is 2.92. The summed E-state index contributed by atoms with van der Waals surface area (Å²) >= 11 is 0. The first-order valence-corrected chi connectivity index (χ1v) is 6.48. The molecule has 2 atom stereocenters. The molecule has 0 radical (unpaired) electrons. The van der Waals surface area contributed by atoms with Crippen LogP contribution in [0.1, 0.15) is 24.8 Å². The summed E-state index contributed by atoms with van der Waals surface area (Å²) in [6, 6.07) is 10.9. The standard InChI is InChI=1S/C15H17NO2/c17-15(18)13-8-6-12-7-9-14(13)16(12)10-11-4-2-1-3-5-11/h1-5,8,12,14H,6-7,9-10H2,(H,17,18)/t12-,14-/m1/s1. The number of nitrogens with zero attached hydrogens (tertiary/aromatic N) is 1. The van der Waals surface area contributed by atoms with Crippen molar-refractivity contribution in [2.24, 2.45) is 0 Å². The van der Waals surface area contributed by atoms with E-state index in [1.165, 1.54) is 5.56 Å². The largest absolute Gasteiger partial charge is 0.478 e. The lowest BCUT2D eigenvalue weighted by atomic mass is 10.0. The molecule has 1 fully saturated rings. The van der Waals surface area contributed by atoms with Crippen LogP contribution in [-0.4, -0.2) is 28.1 Å². The second kappa shape index (κ2) is 4.58. The molecule has 0 unspecified atom stereocenters. The normalized spacial score (nSPS) is 27.0. The van der Waals surface area contributed by atoms with Gasteiger partial charge in [-0.05, 0) is 24.8 Å². The maximum atomic E-state index is 11.2.